The number of phosphoric acid groups is 1. The Morgan fingerprint density at radius 3 is 1.84 bits per heavy atom. The maximum absolute atomic E-state index is 12.7. The highest BCUT2D eigenvalue weighted by Crippen LogP contribution is 2.43. The zero-order valence-corrected chi connectivity index (χ0v) is 38.6. The number of carbonyl (C=O) groups is 2. The Hall–Kier alpha value is -3.45. The SMILES string of the molecule is CC/C=C\C[C@H](O)/C=C/C=C/C=C\C=C/[C@@H](O)[C@H](O)CCCC(=O)O[C@H](COC(=O)CCC/C=C\C/C=C\C/C=C\C/C=C\CCCCC)COP(=O)(O)OCC[N+](C)(C)C. The van der Waals surface area contributed by atoms with Gasteiger partial charge in [-0.05, 0) is 70.6 Å². The normalized spacial score (nSPS) is 16.1. The number of esters is 2. The number of hydrogen-bond donors (Lipinski definition) is 4. The molecular weight excluding hydrogens is 797 g/mol. The second kappa shape index (κ2) is 38.2. The van der Waals surface area contributed by atoms with E-state index >= 15 is 0 Å². The molecule has 0 rings (SSSR count). The molecule has 0 saturated heterocycles. The fourth-order valence-corrected chi connectivity index (χ4v) is 5.79. The molecule has 12 nitrogen and oxygen atoms in total. The maximum atomic E-state index is 12.7. The number of unbranched alkanes of at least 4 members (excludes halogenated alkanes) is 4. The first-order valence-corrected chi connectivity index (χ1v) is 23.4. The third-order valence-corrected chi connectivity index (χ3v) is 9.61. The molecule has 0 bridgehead atoms. The zero-order valence-electron chi connectivity index (χ0n) is 37.7. The number of hydrogen-bond acceptors (Lipinski definition) is 10. The number of allylic oxidation sites excluding steroid dienone is 15. The molecule has 0 aliphatic rings. The smallest absolute Gasteiger partial charge is 0.462 e. The van der Waals surface area contributed by atoms with Gasteiger partial charge in [-0.3, -0.25) is 18.6 Å². The number of phosphoric ester groups is 1. The molecule has 61 heavy (non-hydrogen) atoms. The Labute approximate surface area is 367 Å². The van der Waals surface area contributed by atoms with Crippen molar-refractivity contribution in [1.29, 1.82) is 0 Å². The van der Waals surface area contributed by atoms with E-state index in [2.05, 4.69) is 43.4 Å². The minimum absolute atomic E-state index is 0.0478. The lowest BCUT2D eigenvalue weighted by atomic mass is 10.1. The van der Waals surface area contributed by atoms with Crippen molar-refractivity contribution < 1.29 is 57.4 Å². The average Bonchev–Trinajstić information content (AvgIpc) is 3.20. The Kier molecular flexibility index (Phi) is 36.1. The summed E-state index contributed by atoms with van der Waals surface area (Å²) < 4.78 is 33.9. The highest BCUT2D eigenvalue weighted by Gasteiger charge is 2.27. The predicted octanol–water partition coefficient (Wildman–Crippen LogP) is 9.26. The Balaban J connectivity index is 4.82. The first-order chi connectivity index (χ1) is 29.2. The number of aliphatic hydroxyl groups is 3. The van der Waals surface area contributed by atoms with E-state index in [4.69, 9.17) is 18.5 Å². The van der Waals surface area contributed by atoms with E-state index in [1.165, 1.54) is 25.3 Å². The summed E-state index contributed by atoms with van der Waals surface area (Å²) in [7, 11) is 1.21. The summed E-state index contributed by atoms with van der Waals surface area (Å²) in [5.74, 6) is -1.21. The fourth-order valence-electron chi connectivity index (χ4n) is 5.05. The quantitative estimate of drug-likeness (QED) is 0.0117. The van der Waals surface area contributed by atoms with Gasteiger partial charge < -0.3 is 34.2 Å². The summed E-state index contributed by atoms with van der Waals surface area (Å²) in [6, 6.07) is 0. The van der Waals surface area contributed by atoms with Gasteiger partial charge in [0.2, 0.25) is 0 Å². The van der Waals surface area contributed by atoms with Gasteiger partial charge in [-0.1, -0.05) is 136 Å². The molecule has 346 valence electrons. The van der Waals surface area contributed by atoms with Gasteiger partial charge in [0.1, 0.15) is 19.8 Å². The van der Waals surface area contributed by atoms with Crippen molar-refractivity contribution in [2.45, 2.75) is 135 Å². The molecular formula is C48H79NO11P+. The van der Waals surface area contributed by atoms with Crippen LogP contribution in [0.3, 0.4) is 0 Å². The largest absolute Gasteiger partial charge is 0.472 e. The van der Waals surface area contributed by atoms with Crippen LogP contribution in [0.4, 0.5) is 0 Å². The van der Waals surface area contributed by atoms with Crippen LogP contribution >= 0.6 is 7.82 Å². The summed E-state index contributed by atoms with van der Waals surface area (Å²) >= 11 is 0. The van der Waals surface area contributed by atoms with Gasteiger partial charge in [-0.2, -0.15) is 0 Å². The van der Waals surface area contributed by atoms with E-state index in [1.54, 1.807) is 42.5 Å². The van der Waals surface area contributed by atoms with Crippen molar-refractivity contribution in [3.63, 3.8) is 0 Å². The van der Waals surface area contributed by atoms with E-state index in [0.717, 1.165) is 32.1 Å². The van der Waals surface area contributed by atoms with E-state index < -0.39 is 57.4 Å². The van der Waals surface area contributed by atoms with Crippen LogP contribution in [0.2, 0.25) is 0 Å². The molecule has 0 aliphatic heterocycles. The number of likely N-dealkylation sites (N-methyl/N-ethyl adjacent to an activating group) is 1. The molecule has 0 amide bonds. The molecule has 0 radical (unpaired) electrons. The third kappa shape index (κ3) is 40.4. The second-order valence-electron chi connectivity index (χ2n) is 15.6. The molecule has 0 aromatic carbocycles. The van der Waals surface area contributed by atoms with E-state index in [0.29, 0.717) is 30.3 Å². The van der Waals surface area contributed by atoms with Crippen molar-refractivity contribution in [2.75, 3.05) is 47.5 Å². The molecule has 0 spiro atoms. The molecule has 0 aliphatic carbocycles. The van der Waals surface area contributed by atoms with E-state index in [-0.39, 0.29) is 32.3 Å². The second-order valence-corrected chi connectivity index (χ2v) is 17.0. The Morgan fingerprint density at radius 2 is 1.23 bits per heavy atom. The molecule has 0 saturated carbocycles. The average molecular weight is 877 g/mol. The van der Waals surface area contributed by atoms with Gasteiger partial charge in [0.05, 0.1) is 46.1 Å². The highest BCUT2D eigenvalue weighted by molar-refractivity contribution is 7.47. The van der Waals surface area contributed by atoms with Crippen LogP contribution < -0.4 is 0 Å². The topological polar surface area (TPSA) is 169 Å². The Morgan fingerprint density at radius 1 is 0.656 bits per heavy atom. The number of ether oxygens (including phenoxy) is 2. The van der Waals surface area contributed by atoms with Gasteiger partial charge >= 0.3 is 19.8 Å². The van der Waals surface area contributed by atoms with Crippen LogP contribution in [0.25, 0.3) is 0 Å². The van der Waals surface area contributed by atoms with Crippen LogP contribution in [0.15, 0.2) is 109 Å². The Bertz CT molecular complexity index is 1460. The molecule has 4 N–H and O–H groups in total. The summed E-state index contributed by atoms with van der Waals surface area (Å²) in [5, 5.41) is 30.5. The minimum atomic E-state index is -4.49. The first-order valence-electron chi connectivity index (χ1n) is 21.9. The molecule has 0 aromatic rings. The number of nitrogens with zero attached hydrogens (tertiary/aromatic N) is 1. The number of rotatable bonds is 37. The van der Waals surface area contributed by atoms with Crippen LogP contribution in [0.5, 0.6) is 0 Å². The van der Waals surface area contributed by atoms with Crippen molar-refractivity contribution in [3.8, 4) is 0 Å². The molecule has 0 heterocycles. The van der Waals surface area contributed by atoms with Crippen LogP contribution in [0, 0.1) is 0 Å². The van der Waals surface area contributed by atoms with Crippen molar-refractivity contribution in [3.05, 3.63) is 109 Å². The number of aliphatic hydroxyl groups excluding tert-OH is 3. The predicted molar refractivity (Wildman–Crippen MR) is 246 cm³/mol. The third-order valence-electron chi connectivity index (χ3n) is 8.63. The first kappa shape index (κ1) is 57.5. The molecule has 5 atom stereocenters. The maximum Gasteiger partial charge on any atom is 0.472 e. The zero-order chi connectivity index (χ0) is 45.5. The van der Waals surface area contributed by atoms with Gasteiger partial charge in [0, 0.05) is 12.8 Å². The van der Waals surface area contributed by atoms with Gasteiger partial charge in [-0.25, -0.2) is 4.57 Å². The summed E-state index contributed by atoms with van der Waals surface area (Å²) in [4.78, 5) is 35.4. The molecule has 0 aromatic heterocycles. The summed E-state index contributed by atoms with van der Waals surface area (Å²) in [6.07, 6.45) is 40.9. The standard InChI is InChI=1S/C48H78NO11P/c1-6-8-10-11-12-13-14-15-16-17-18-19-20-21-22-27-31-37-47(53)57-41-44(42-59-61(55,56)58-40-39-49(3,4)5)60-48(54)38-32-36-46(52)45(51)35-30-26-24-23-25-29-34-43(50)33-28-9-7-2/h9,12-13,15-16,18-19,21-26,28-30,34-35,43-46,50-52H,6-8,10-11,14,17,20,27,31-33,36-42H2,1-5H3/p+1/b13-12-,16-15-,19-18-,22-21-,25-23+,26-24-,28-9-,34-29+,35-30-/t43-,44+,45+,46+/m0/s1. The van der Waals surface area contributed by atoms with Crippen LogP contribution in [-0.2, 0) is 32.7 Å². The van der Waals surface area contributed by atoms with E-state index in [9.17, 15) is 34.4 Å². The lowest BCUT2D eigenvalue weighted by Gasteiger charge is -2.24. The summed E-state index contributed by atoms with van der Waals surface area (Å²) in [5.41, 5.74) is 0. The summed E-state index contributed by atoms with van der Waals surface area (Å²) in [6.45, 7) is 3.69. The highest BCUT2D eigenvalue weighted by atomic mass is 31.2. The van der Waals surface area contributed by atoms with E-state index in [1.807, 2.05) is 52.4 Å². The lowest BCUT2D eigenvalue weighted by Crippen LogP contribution is -2.37. The van der Waals surface area contributed by atoms with Crippen molar-refractivity contribution in [1.82, 2.24) is 0 Å². The molecule has 1 unspecified atom stereocenters. The molecule has 0 fully saturated rings. The fraction of sp³-hybridized carbons (Fsp3) is 0.583. The minimum Gasteiger partial charge on any atom is -0.462 e. The monoisotopic (exact) mass is 877 g/mol. The lowest BCUT2D eigenvalue weighted by molar-refractivity contribution is -0.870. The number of carbonyl (C=O) groups excluding carboxylic acids is 2. The van der Waals surface area contributed by atoms with Crippen LogP contribution in [-0.4, -0.2) is 109 Å². The molecule has 13 heteroatoms. The van der Waals surface area contributed by atoms with Crippen molar-refractivity contribution in [2.24, 2.45) is 0 Å². The van der Waals surface area contributed by atoms with Gasteiger partial charge in [0.25, 0.3) is 0 Å². The van der Waals surface area contributed by atoms with Gasteiger partial charge in [-0.15, -0.1) is 0 Å². The van der Waals surface area contributed by atoms with Gasteiger partial charge in [0.15, 0.2) is 6.10 Å². The van der Waals surface area contributed by atoms with Crippen molar-refractivity contribution >= 4 is 19.8 Å². The van der Waals surface area contributed by atoms with Crippen LogP contribution in [0.1, 0.15) is 110 Å². The number of quaternary nitrogens is 1.